The Hall–Kier alpha value is -2.33. The maximum absolute atomic E-state index is 11.2. The molecule has 0 unspecified atom stereocenters. The lowest BCUT2D eigenvalue weighted by Gasteiger charge is -2.01. The number of ether oxygens (including phenoxy) is 1. The van der Waals surface area contributed by atoms with Crippen molar-refractivity contribution in [3.8, 4) is 6.07 Å². The third kappa shape index (κ3) is 1.70. The summed E-state index contributed by atoms with van der Waals surface area (Å²) in [7, 11) is 1.23. The highest BCUT2D eigenvalue weighted by atomic mass is 16.5. The largest absolute Gasteiger partial charge is 0.465 e. The Morgan fingerprint density at radius 2 is 2.36 bits per heavy atom. The summed E-state index contributed by atoms with van der Waals surface area (Å²) in [5.74, 6) is -0.605. The topological polar surface area (TPSA) is 54.5 Å². The molecule has 0 bridgehead atoms. The number of hydrogen-bond acceptors (Lipinski definition) is 3. The van der Waals surface area contributed by atoms with Crippen molar-refractivity contribution in [2.75, 3.05) is 7.11 Å². The average Bonchev–Trinajstić information content (AvgIpc) is 2.27. The van der Waals surface area contributed by atoms with E-state index < -0.39 is 5.97 Å². The molecule has 0 aliphatic carbocycles. The molecule has 68 valence electrons. The van der Waals surface area contributed by atoms with Crippen molar-refractivity contribution in [3.05, 3.63) is 40.7 Å². The Bertz CT molecular complexity index is 452. The summed E-state index contributed by atoms with van der Waals surface area (Å²) in [5, 5.41) is 8.69. The Balaban J connectivity index is 3.32. The van der Waals surface area contributed by atoms with Crippen molar-refractivity contribution in [2.24, 2.45) is 0 Å². The van der Waals surface area contributed by atoms with Gasteiger partial charge in [-0.25, -0.2) is 9.64 Å². The van der Waals surface area contributed by atoms with E-state index in [-0.39, 0.29) is 11.1 Å². The van der Waals surface area contributed by atoms with Gasteiger partial charge < -0.3 is 4.74 Å². The fraction of sp³-hybridized carbons (Fsp3) is 0.100. The summed E-state index contributed by atoms with van der Waals surface area (Å²) < 4.78 is 4.49. The lowest BCUT2D eigenvalue weighted by Crippen LogP contribution is -2.03. The maximum Gasteiger partial charge on any atom is 0.337 e. The third-order valence-electron chi connectivity index (χ3n) is 1.66. The van der Waals surface area contributed by atoms with Gasteiger partial charge in [0.1, 0.15) is 0 Å². The van der Waals surface area contributed by atoms with E-state index >= 15 is 0 Å². The summed E-state index contributed by atoms with van der Waals surface area (Å²) in [5.41, 5.74) is 0.650. The Morgan fingerprint density at radius 1 is 1.64 bits per heavy atom. The number of hydrogen-bond donors (Lipinski definition) is 0. The molecule has 1 aromatic carbocycles. The summed E-state index contributed by atoms with van der Waals surface area (Å²) >= 11 is 0. The van der Waals surface area contributed by atoms with Crippen molar-refractivity contribution in [2.45, 2.75) is 0 Å². The van der Waals surface area contributed by atoms with Gasteiger partial charge >= 0.3 is 5.97 Å². The first-order valence-electron chi connectivity index (χ1n) is 3.73. The van der Waals surface area contributed by atoms with E-state index in [0.29, 0.717) is 5.69 Å². The molecule has 0 aromatic heterocycles. The van der Waals surface area contributed by atoms with Gasteiger partial charge in [0, 0.05) is 0 Å². The van der Waals surface area contributed by atoms with Crippen LogP contribution in [0.25, 0.3) is 4.85 Å². The zero-order valence-corrected chi connectivity index (χ0v) is 7.44. The zero-order valence-electron chi connectivity index (χ0n) is 7.44. The van der Waals surface area contributed by atoms with Gasteiger partial charge in [-0.15, -0.1) is 0 Å². The minimum absolute atomic E-state index is 0.128. The molecule has 1 rings (SSSR count). The van der Waals surface area contributed by atoms with E-state index in [9.17, 15) is 4.79 Å². The standard InChI is InChI=1S/C10H6N2O2/c1-12-8-4-3-7(6-11)9(5-8)10(13)14-2/h3-5H,2H3. The van der Waals surface area contributed by atoms with Crippen molar-refractivity contribution in [1.29, 1.82) is 5.26 Å². The second-order valence-corrected chi connectivity index (χ2v) is 2.45. The summed E-state index contributed by atoms with van der Waals surface area (Å²) in [4.78, 5) is 14.3. The van der Waals surface area contributed by atoms with Crippen LogP contribution in [-0.4, -0.2) is 13.1 Å². The van der Waals surface area contributed by atoms with Crippen LogP contribution in [0.1, 0.15) is 15.9 Å². The molecular formula is C10H6N2O2. The van der Waals surface area contributed by atoms with E-state index in [1.807, 2.05) is 6.07 Å². The van der Waals surface area contributed by atoms with E-state index in [4.69, 9.17) is 11.8 Å². The number of carbonyl (C=O) groups excluding carboxylic acids is 1. The van der Waals surface area contributed by atoms with Gasteiger partial charge in [0.15, 0.2) is 5.69 Å². The lowest BCUT2D eigenvalue weighted by atomic mass is 10.1. The van der Waals surface area contributed by atoms with Gasteiger partial charge in [0.2, 0.25) is 0 Å². The number of esters is 1. The fourth-order valence-corrected chi connectivity index (χ4v) is 0.978. The van der Waals surface area contributed by atoms with E-state index in [2.05, 4.69) is 9.58 Å². The fourth-order valence-electron chi connectivity index (χ4n) is 0.978. The molecule has 1 aromatic rings. The first-order chi connectivity index (χ1) is 6.72. The van der Waals surface area contributed by atoms with Crippen LogP contribution in [0.15, 0.2) is 18.2 Å². The van der Waals surface area contributed by atoms with Crippen LogP contribution < -0.4 is 0 Å². The first-order valence-corrected chi connectivity index (χ1v) is 3.73. The van der Waals surface area contributed by atoms with E-state index in [0.717, 1.165) is 0 Å². The Labute approximate surface area is 81.2 Å². The maximum atomic E-state index is 11.2. The normalized spacial score (nSPS) is 8.50. The molecule has 0 N–H and O–H groups in total. The smallest absolute Gasteiger partial charge is 0.337 e. The molecule has 0 atom stereocenters. The Morgan fingerprint density at radius 3 is 2.86 bits per heavy atom. The third-order valence-corrected chi connectivity index (χ3v) is 1.66. The van der Waals surface area contributed by atoms with Crippen LogP contribution in [0.4, 0.5) is 5.69 Å². The Kier molecular flexibility index (Phi) is 2.83. The van der Waals surface area contributed by atoms with Crippen LogP contribution in [0.5, 0.6) is 0 Å². The predicted molar refractivity (Wildman–Crippen MR) is 48.8 cm³/mol. The molecule has 0 aliphatic rings. The van der Waals surface area contributed by atoms with Gasteiger partial charge in [-0.05, 0) is 6.07 Å². The molecule has 0 saturated heterocycles. The van der Waals surface area contributed by atoms with Crippen LogP contribution >= 0.6 is 0 Å². The molecule has 0 radical (unpaired) electrons. The van der Waals surface area contributed by atoms with Crippen molar-refractivity contribution < 1.29 is 9.53 Å². The molecule has 0 aliphatic heterocycles. The van der Waals surface area contributed by atoms with Crippen LogP contribution in [-0.2, 0) is 4.74 Å². The predicted octanol–water partition coefficient (Wildman–Crippen LogP) is 1.90. The first kappa shape index (κ1) is 9.76. The molecule has 4 heteroatoms. The van der Waals surface area contributed by atoms with Gasteiger partial charge in [-0.2, -0.15) is 5.26 Å². The number of nitriles is 1. The van der Waals surface area contributed by atoms with Gasteiger partial charge in [0.25, 0.3) is 0 Å². The molecule has 0 amide bonds. The highest BCUT2D eigenvalue weighted by Crippen LogP contribution is 2.18. The molecule has 0 spiro atoms. The van der Waals surface area contributed by atoms with Gasteiger partial charge in [-0.3, -0.25) is 0 Å². The summed E-state index contributed by atoms with van der Waals surface area (Å²) in [6, 6.07) is 6.12. The lowest BCUT2D eigenvalue weighted by molar-refractivity contribution is 0.0600. The highest BCUT2D eigenvalue weighted by molar-refractivity contribution is 5.93. The second kappa shape index (κ2) is 4.06. The van der Waals surface area contributed by atoms with Gasteiger partial charge in [0.05, 0.1) is 30.9 Å². The van der Waals surface area contributed by atoms with Gasteiger partial charge in [-0.1, -0.05) is 12.1 Å². The average molecular weight is 186 g/mol. The highest BCUT2D eigenvalue weighted by Gasteiger charge is 2.11. The monoisotopic (exact) mass is 186 g/mol. The van der Waals surface area contributed by atoms with Crippen LogP contribution in [0.3, 0.4) is 0 Å². The minimum Gasteiger partial charge on any atom is -0.465 e. The molecule has 0 saturated carbocycles. The number of nitrogens with zero attached hydrogens (tertiary/aromatic N) is 2. The van der Waals surface area contributed by atoms with Crippen molar-refractivity contribution in [3.63, 3.8) is 0 Å². The molecule has 0 fully saturated rings. The van der Waals surface area contributed by atoms with Crippen molar-refractivity contribution >= 4 is 11.7 Å². The number of methoxy groups -OCH3 is 1. The quantitative estimate of drug-likeness (QED) is 0.497. The summed E-state index contributed by atoms with van der Waals surface area (Å²) in [6.45, 7) is 6.76. The summed E-state index contributed by atoms with van der Waals surface area (Å²) in [6.07, 6.45) is 0. The van der Waals surface area contributed by atoms with E-state index in [1.165, 1.54) is 25.3 Å². The number of benzene rings is 1. The number of carbonyl (C=O) groups is 1. The van der Waals surface area contributed by atoms with Crippen molar-refractivity contribution in [1.82, 2.24) is 0 Å². The molecular weight excluding hydrogens is 180 g/mol. The molecule has 14 heavy (non-hydrogen) atoms. The second-order valence-electron chi connectivity index (χ2n) is 2.45. The SMILES string of the molecule is [C-]#[N+]c1ccc(C#N)c(C(=O)OC)c1. The minimum atomic E-state index is -0.605. The van der Waals surface area contributed by atoms with E-state index in [1.54, 1.807) is 0 Å². The van der Waals surface area contributed by atoms with Crippen LogP contribution in [0.2, 0.25) is 0 Å². The number of rotatable bonds is 1. The zero-order chi connectivity index (χ0) is 10.6. The molecule has 4 nitrogen and oxygen atoms in total. The van der Waals surface area contributed by atoms with Crippen LogP contribution in [0, 0.1) is 17.9 Å². The molecule has 0 heterocycles.